The SMILES string of the molecule is COc1ccc(OCCCSC)c(CN)c1. The summed E-state index contributed by atoms with van der Waals surface area (Å²) in [5, 5.41) is 0. The summed E-state index contributed by atoms with van der Waals surface area (Å²) in [5.41, 5.74) is 6.65. The maximum absolute atomic E-state index is 5.68. The normalized spacial score (nSPS) is 10.2. The number of methoxy groups -OCH3 is 1. The Hall–Kier alpha value is -0.870. The average Bonchev–Trinajstić information content (AvgIpc) is 2.34. The Balaban J connectivity index is 2.57. The van der Waals surface area contributed by atoms with E-state index in [9.17, 15) is 0 Å². The summed E-state index contributed by atoms with van der Waals surface area (Å²) in [6.07, 6.45) is 3.15. The van der Waals surface area contributed by atoms with Crippen molar-refractivity contribution < 1.29 is 9.47 Å². The monoisotopic (exact) mass is 241 g/mol. The molecule has 0 bridgehead atoms. The number of thioether (sulfide) groups is 1. The lowest BCUT2D eigenvalue weighted by Gasteiger charge is -2.11. The second-order valence-corrected chi connectivity index (χ2v) is 4.36. The summed E-state index contributed by atoms with van der Waals surface area (Å²) in [6, 6.07) is 5.73. The number of hydrogen-bond donors (Lipinski definition) is 1. The van der Waals surface area contributed by atoms with Gasteiger partial charge in [0.15, 0.2) is 0 Å². The molecule has 0 heterocycles. The predicted octanol–water partition coefficient (Wildman–Crippen LogP) is 2.29. The minimum absolute atomic E-state index is 0.467. The molecule has 0 unspecified atom stereocenters. The van der Waals surface area contributed by atoms with Gasteiger partial charge in [0.2, 0.25) is 0 Å². The van der Waals surface area contributed by atoms with Crippen LogP contribution in [0.15, 0.2) is 18.2 Å². The summed E-state index contributed by atoms with van der Waals surface area (Å²) in [5.74, 6) is 2.80. The number of hydrogen-bond acceptors (Lipinski definition) is 4. The zero-order chi connectivity index (χ0) is 11.8. The highest BCUT2D eigenvalue weighted by Crippen LogP contribution is 2.23. The summed E-state index contributed by atoms with van der Waals surface area (Å²) in [7, 11) is 1.65. The van der Waals surface area contributed by atoms with Crippen LogP contribution in [0.25, 0.3) is 0 Å². The largest absolute Gasteiger partial charge is 0.497 e. The van der Waals surface area contributed by atoms with Crippen LogP contribution in [0.2, 0.25) is 0 Å². The van der Waals surface area contributed by atoms with Crippen LogP contribution in [0.4, 0.5) is 0 Å². The summed E-state index contributed by atoms with van der Waals surface area (Å²) >= 11 is 1.83. The standard InChI is InChI=1S/C12H19NO2S/c1-14-11-4-5-12(10(8-11)9-13)15-6-3-7-16-2/h4-5,8H,3,6-7,9,13H2,1-2H3. The van der Waals surface area contributed by atoms with Crippen LogP contribution < -0.4 is 15.2 Å². The molecule has 0 amide bonds. The fourth-order valence-electron chi connectivity index (χ4n) is 1.37. The van der Waals surface area contributed by atoms with E-state index < -0.39 is 0 Å². The van der Waals surface area contributed by atoms with Gasteiger partial charge in [0, 0.05) is 12.1 Å². The molecule has 1 aromatic carbocycles. The number of rotatable bonds is 7. The van der Waals surface area contributed by atoms with E-state index in [2.05, 4.69) is 6.26 Å². The van der Waals surface area contributed by atoms with Crippen molar-refractivity contribution in [1.82, 2.24) is 0 Å². The molecule has 0 fully saturated rings. The smallest absolute Gasteiger partial charge is 0.124 e. The molecule has 2 N–H and O–H groups in total. The molecule has 0 aromatic heterocycles. The lowest BCUT2D eigenvalue weighted by Crippen LogP contribution is -2.04. The van der Waals surface area contributed by atoms with E-state index >= 15 is 0 Å². The van der Waals surface area contributed by atoms with Crippen molar-refractivity contribution in [3.8, 4) is 11.5 Å². The van der Waals surface area contributed by atoms with Gasteiger partial charge in [-0.05, 0) is 36.6 Å². The van der Waals surface area contributed by atoms with Crippen molar-refractivity contribution >= 4 is 11.8 Å². The molecule has 0 radical (unpaired) electrons. The first-order chi connectivity index (χ1) is 7.81. The van der Waals surface area contributed by atoms with Crippen LogP contribution in [0.1, 0.15) is 12.0 Å². The molecule has 90 valence electrons. The molecule has 3 nitrogen and oxygen atoms in total. The van der Waals surface area contributed by atoms with Crippen LogP contribution >= 0.6 is 11.8 Å². The topological polar surface area (TPSA) is 44.5 Å². The number of nitrogens with two attached hydrogens (primary N) is 1. The molecule has 1 rings (SSSR count). The van der Waals surface area contributed by atoms with E-state index in [4.69, 9.17) is 15.2 Å². The van der Waals surface area contributed by atoms with Crippen LogP contribution in [0.3, 0.4) is 0 Å². The molecular weight excluding hydrogens is 222 g/mol. The van der Waals surface area contributed by atoms with E-state index in [1.54, 1.807) is 7.11 Å². The van der Waals surface area contributed by atoms with Gasteiger partial charge in [-0.2, -0.15) is 11.8 Å². The Kier molecular flexibility index (Phi) is 6.11. The third-order valence-electron chi connectivity index (χ3n) is 2.24. The minimum atomic E-state index is 0.467. The lowest BCUT2D eigenvalue weighted by atomic mass is 10.2. The molecule has 16 heavy (non-hydrogen) atoms. The second-order valence-electron chi connectivity index (χ2n) is 3.37. The van der Waals surface area contributed by atoms with Gasteiger partial charge in [0.05, 0.1) is 13.7 Å². The Morgan fingerprint density at radius 3 is 2.81 bits per heavy atom. The fourth-order valence-corrected chi connectivity index (χ4v) is 1.78. The third kappa shape index (κ3) is 3.94. The highest BCUT2D eigenvalue weighted by Gasteiger charge is 2.03. The first kappa shape index (κ1) is 13.2. The third-order valence-corrected chi connectivity index (χ3v) is 2.93. The first-order valence-electron chi connectivity index (χ1n) is 5.30. The summed E-state index contributed by atoms with van der Waals surface area (Å²) in [4.78, 5) is 0. The Bertz CT molecular complexity index is 318. The van der Waals surface area contributed by atoms with Crippen molar-refractivity contribution in [2.24, 2.45) is 5.73 Å². The van der Waals surface area contributed by atoms with Gasteiger partial charge in [0.25, 0.3) is 0 Å². The van der Waals surface area contributed by atoms with Gasteiger partial charge in [-0.1, -0.05) is 0 Å². The van der Waals surface area contributed by atoms with Crippen LogP contribution in [0, 0.1) is 0 Å². The molecule has 0 atom stereocenters. The van der Waals surface area contributed by atoms with Crippen molar-refractivity contribution in [3.05, 3.63) is 23.8 Å². The minimum Gasteiger partial charge on any atom is -0.497 e. The highest BCUT2D eigenvalue weighted by molar-refractivity contribution is 7.98. The van der Waals surface area contributed by atoms with Crippen molar-refractivity contribution in [3.63, 3.8) is 0 Å². The van der Waals surface area contributed by atoms with E-state index in [0.29, 0.717) is 6.54 Å². The summed E-state index contributed by atoms with van der Waals surface area (Å²) < 4.78 is 10.8. The van der Waals surface area contributed by atoms with E-state index in [-0.39, 0.29) is 0 Å². The van der Waals surface area contributed by atoms with Gasteiger partial charge in [0.1, 0.15) is 11.5 Å². The molecule has 4 heteroatoms. The van der Waals surface area contributed by atoms with Crippen molar-refractivity contribution in [2.45, 2.75) is 13.0 Å². The quantitative estimate of drug-likeness (QED) is 0.744. The molecule has 0 aliphatic carbocycles. The van der Waals surface area contributed by atoms with Crippen molar-refractivity contribution in [1.29, 1.82) is 0 Å². The number of benzene rings is 1. The maximum atomic E-state index is 5.68. The molecule has 0 spiro atoms. The Morgan fingerprint density at radius 2 is 2.19 bits per heavy atom. The van der Waals surface area contributed by atoms with Crippen LogP contribution in [-0.4, -0.2) is 25.7 Å². The Labute approximate surface area is 101 Å². The average molecular weight is 241 g/mol. The van der Waals surface area contributed by atoms with Gasteiger partial charge >= 0.3 is 0 Å². The first-order valence-corrected chi connectivity index (χ1v) is 6.70. The fraction of sp³-hybridized carbons (Fsp3) is 0.500. The van der Waals surface area contributed by atoms with Gasteiger partial charge in [-0.15, -0.1) is 0 Å². The molecule has 0 aliphatic heterocycles. The van der Waals surface area contributed by atoms with E-state index in [0.717, 1.165) is 35.8 Å². The highest BCUT2D eigenvalue weighted by atomic mass is 32.2. The van der Waals surface area contributed by atoms with Gasteiger partial charge in [-0.3, -0.25) is 0 Å². The van der Waals surface area contributed by atoms with E-state index in [1.165, 1.54) is 0 Å². The molecular formula is C12H19NO2S. The van der Waals surface area contributed by atoms with Crippen molar-refractivity contribution in [2.75, 3.05) is 25.7 Å². The number of ether oxygens (including phenoxy) is 2. The molecule has 0 saturated carbocycles. The van der Waals surface area contributed by atoms with Gasteiger partial charge in [-0.25, -0.2) is 0 Å². The zero-order valence-corrected chi connectivity index (χ0v) is 10.7. The molecule has 1 aromatic rings. The summed E-state index contributed by atoms with van der Waals surface area (Å²) in [6.45, 7) is 1.20. The van der Waals surface area contributed by atoms with Gasteiger partial charge < -0.3 is 15.2 Å². The van der Waals surface area contributed by atoms with E-state index in [1.807, 2.05) is 30.0 Å². The zero-order valence-electron chi connectivity index (χ0n) is 9.86. The van der Waals surface area contributed by atoms with Crippen LogP contribution in [0.5, 0.6) is 11.5 Å². The molecule has 0 saturated heterocycles. The predicted molar refractivity (Wildman–Crippen MR) is 69.4 cm³/mol. The van der Waals surface area contributed by atoms with Crippen LogP contribution in [-0.2, 0) is 6.54 Å². The molecule has 0 aliphatic rings. The second kappa shape index (κ2) is 7.41. The lowest BCUT2D eigenvalue weighted by molar-refractivity contribution is 0.314. The maximum Gasteiger partial charge on any atom is 0.124 e. The Morgan fingerprint density at radius 1 is 1.38 bits per heavy atom.